The summed E-state index contributed by atoms with van der Waals surface area (Å²) in [7, 11) is 0. The standard InChI is InChI=1S/C12H13F4NO/c13-9-1-2-10-8(5-9)3-4-11(10,7-18)17-6-12(14,15)16/h1-2,5,17-18H,3-4,6-7H2. The second-order valence-corrected chi connectivity index (χ2v) is 4.51. The Kier molecular flexibility index (Phi) is 3.33. The summed E-state index contributed by atoms with van der Waals surface area (Å²) in [6.45, 7) is -1.62. The molecule has 0 bridgehead atoms. The number of hydrogen-bond donors (Lipinski definition) is 2. The van der Waals surface area contributed by atoms with E-state index in [1.54, 1.807) is 0 Å². The van der Waals surface area contributed by atoms with Crippen molar-refractivity contribution in [1.29, 1.82) is 0 Å². The third kappa shape index (κ3) is 2.49. The van der Waals surface area contributed by atoms with Crippen molar-refractivity contribution < 1.29 is 22.7 Å². The van der Waals surface area contributed by atoms with E-state index < -0.39 is 30.7 Å². The number of fused-ring (bicyclic) bond motifs is 1. The molecule has 0 spiro atoms. The summed E-state index contributed by atoms with van der Waals surface area (Å²) in [4.78, 5) is 0. The number of rotatable bonds is 3. The molecule has 1 aromatic carbocycles. The summed E-state index contributed by atoms with van der Waals surface area (Å²) >= 11 is 0. The van der Waals surface area contributed by atoms with Gasteiger partial charge in [-0.2, -0.15) is 13.2 Å². The first-order valence-corrected chi connectivity index (χ1v) is 5.58. The van der Waals surface area contributed by atoms with E-state index in [9.17, 15) is 22.7 Å². The maximum Gasteiger partial charge on any atom is 0.401 e. The molecule has 1 aliphatic carbocycles. The van der Waals surface area contributed by atoms with E-state index in [1.165, 1.54) is 18.2 Å². The van der Waals surface area contributed by atoms with Crippen LogP contribution >= 0.6 is 0 Å². The van der Waals surface area contributed by atoms with Crippen molar-refractivity contribution in [3.05, 3.63) is 35.1 Å². The smallest absolute Gasteiger partial charge is 0.394 e. The van der Waals surface area contributed by atoms with Crippen LogP contribution in [0, 0.1) is 5.82 Å². The van der Waals surface area contributed by atoms with Gasteiger partial charge < -0.3 is 5.11 Å². The van der Waals surface area contributed by atoms with Gasteiger partial charge in [0.15, 0.2) is 0 Å². The third-order valence-electron chi connectivity index (χ3n) is 3.30. The maximum absolute atomic E-state index is 13.0. The topological polar surface area (TPSA) is 32.3 Å². The lowest BCUT2D eigenvalue weighted by molar-refractivity contribution is -0.130. The van der Waals surface area contributed by atoms with E-state index in [0.29, 0.717) is 24.0 Å². The number of aryl methyl sites for hydroxylation is 1. The number of aliphatic hydroxyl groups is 1. The number of halogens is 4. The van der Waals surface area contributed by atoms with Gasteiger partial charge in [-0.15, -0.1) is 0 Å². The zero-order valence-electron chi connectivity index (χ0n) is 9.52. The monoisotopic (exact) mass is 263 g/mol. The van der Waals surface area contributed by atoms with Gasteiger partial charge in [0, 0.05) is 0 Å². The summed E-state index contributed by atoms with van der Waals surface area (Å²) in [5, 5.41) is 11.8. The van der Waals surface area contributed by atoms with Crippen molar-refractivity contribution in [3.8, 4) is 0 Å². The van der Waals surface area contributed by atoms with Gasteiger partial charge >= 0.3 is 6.18 Å². The fourth-order valence-corrected chi connectivity index (χ4v) is 2.39. The summed E-state index contributed by atoms with van der Waals surface area (Å²) in [5.74, 6) is -0.418. The maximum atomic E-state index is 13.0. The quantitative estimate of drug-likeness (QED) is 0.819. The molecule has 0 saturated carbocycles. The van der Waals surface area contributed by atoms with Crippen LogP contribution in [0.4, 0.5) is 17.6 Å². The molecule has 6 heteroatoms. The Morgan fingerprint density at radius 2 is 2.06 bits per heavy atom. The van der Waals surface area contributed by atoms with Crippen molar-refractivity contribution in [2.45, 2.75) is 24.6 Å². The van der Waals surface area contributed by atoms with E-state index in [4.69, 9.17) is 0 Å². The van der Waals surface area contributed by atoms with Crippen molar-refractivity contribution in [2.75, 3.05) is 13.2 Å². The van der Waals surface area contributed by atoms with E-state index in [1.807, 2.05) is 0 Å². The minimum absolute atomic E-state index is 0.332. The molecule has 0 saturated heterocycles. The van der Waals surface area contributed by atoms with Crippen LogP contribution in [0.1, 0.15) is 17.5 Å². The van der Waals surface area contributed by atoms with Crippen LogP contribution in [0.3, 0.4) is 0 Å². The first kappa shape index (κ1) is 13.3. The molecule has 1 aliphatic rings. The minimum atomic E-state index is -4.34. The summed E-state index contributed by atoms with van der Waals surface area (Å²) in [6.07, 6.45) is -3.55. The van der Waals surface area contributed by atoms with Crippen LogP contribution in [0.25, 0.3) is 0 Å². The molecule has 2 N–H and O–H groups in total. The van der Waals surface area contributed by atoms with E-state index in [-0.39, 0.29) is 0 Å². The van der Waals surface area contributed by atoms with Crippen LogP contribution < -0.4 is 5.32 Å². The minimum Gasteiger partial charge on any atom is -0.394 e. The zero-order valence-corrected chi connectivity index (χ0v) is 9.52. The Morgan fingerprint density at radius 1 is 1.33 bits per heavy atom. The Bertz CT molecular complexity index is 446. The third-order valence-corrected chi connectivity index (χ3v) is 3.30. The van der Waals surface area contributed by atoms with Crippen molar-refractivity contribution in [2.24, 2.45) is 0 Å². The van der Waals surface area contributed by atoms with Crippen LogP contribution in [0.2, 0.25) is 0 Å². The molecule has 0 aromatic heterocycles. The average Bonchev–Trinajstić information content (AvgIpc) is 2.64. The Labute approximate surface area is 102 Å². The molecule has 0 radical (unpaired) electrons. The van der Waals surface area contributed by atoms with Crippen LogP contribution in [0.5, 0.6) is 0 Å². The lowest BCUT2D eigenvalue weighted by Crippen LogP contribution is -2.47. The Hall–Kier alpha value is -1.14. The molecule has 0 amide bonds. The molecule has 2 nitrogen and oxygen atoms in total. The fraction of sp³-hybridized carbons (Fsp3) is 0.500. The van der Waals surface area contributed by atoms with Gasteiger partial charge in [0.05, 0.1) is 18.7 Å². The largest absolute Gasteiger partial charge is 0.401 e. The van der Waals surface area contributed by atoms with Crippen molar-refractivity contribution >= 4 is 0 Å². The second kappa shape index (κ2) is 4.51. The van der Waals surface area contributed by atoms with E-state index >= 15 is 0 Å². The summed E-state index contributed by atoms with van der Waals surface area (Å²) in [5.41, 5.74) is 0.0906. The predicted molar refractivity (Wildman–Crippen MR) is 57.5 cm³/mol. The highest BCUT2D eigenvalue weighted by molar-refractivity contribution is 5.39. The van der Waals surface area contributed by atoms with Gasteiger partial charge in [-0.05, 0) is 36.1 Å². The zero-order chi connectivity index (χ0) is 13.4. The van der Waals surface area contributed by atoms with Gasteiger partial charge in [0.1, 0.15) is 5.82 Å². The highest BCUT2D eigenvalue weighted by Gasteiger charge is 2.41. The van der Waals surface area contributed by atoms with Crippen molar-refractivity contribution in [1.82, 2.24) is 5.32 Å². The highest BCUT2D eigenvalue weighted by atomic mass is 19.4. The Balaban J connectivity index is 2.26. The van der Waals surface area contributed by atoms with Gasteiger partial charge in [-0.3, -0.25) is 5.32 Å². The van der Waals surface area contributed by atoms with Gasteiger partial charge in [-0.25, -0.2) is 4.39 Å². The normalized spacial score (nSPS) is 23.2. The van der Waals surface area contributed by atoms with Crippen LogP contribution in [-0.2, 0) is 12.0 Å². The molecule has 0 aliphatic heterocycles. The predicted octanol–water partition coefficient (Wildman–Crippen LogP) is 2.11. The molecule has 0 fully saturated rings. The molecule has 1 unspecified atom stereocenters. The molecular weight excluding hydrogens is 250 g/mol. The Morgan fingerprint density at radius 3 is 2.67 bits per heavy atom. The van der Waals surface area contributed by atoms with E-state index in [2.05, 4.69) is 5.32 Å². The lowest BCUT2D eigenvalue weighted by atomic mass is 9.92. The molecule has 0 heterocycles. The number of aliphatic hydroxyl groups excluding tert-OH is 1. The number of hydrogen-bond acceptors (Lipinski definition) is 2. The molecule has 1 atom stereocenters. The molecular formula is C12H13F4NO. The van der Waals surface area contributed by atoms with Gasteiger partial charge in [0.2, 0.25) is 0 Å². The highest BCUT2D eigenvalue weighted by Crippen LogP contribution is 2.37. The average molecular weight is 263 g/mol. The van der Waals surface area contributed by atoms with Gasteiger partial charge in [-0.1, -0.05) is 6.07 Å². The van der Waals surface area contributed by atoms with E-state index in [0.717, 1.165) is 0 Å². The van der Waals surface area contributed by atoms with Gasteiger partial charge in [0.25, 0.3) is 0 Å². The molecule has 18 heavy (non-hydrogen) atoms. The number of alkyl halides is 3. The summed E-state index contributed by atoms with van der Waals surface area (Å²) < 4.78 is 49.8. The van der Waals surface area contributed by atoms with Crippen LogP contribution in [0.15, 0.2) is 18.2 Å². The first-order chi connectivity index (χ1) is 8.36. The molecule has 1 aromatic rings. The first-order valence-electron chi connectivity index (χ1n) is 5.58. The fourth-order valence-electron chi connectivity index (χ4n) is 2.39. The van der Waals surface area contributed by atoms with Crippen LogP contribution in [-0.4, -0.2) is 24.4 Å². The number of nitrogens with one attached hydrogen (secondary N) is 1. The second-order valence-electron chi connectivity index (χ2n) is 4.51. The SMILES string of the molecule is OCC1(NCC(F)(F)F)CCc2cc(F)ccc21. The number of benzene rings is 1. The van der Waals surface area contributed by atoms with Crippen molar-refractivity contribution in [3.63, 3.8) is 0 Å². The molecule has 100 valence electrons. The lowest BCUT2D eigenvalue weighted by Gasteiger charge is -2.30. The summed E-state index contributed by atoms with van der Waals surface area (Å²) in [6, 6.07) is 3.95. The molecule has 2 rings (SSSR count).